The SMILES string of the molecule is COc1cc(-c2nc(Nc3ccc(F)c(F)c3)n(C)n2)ccc1-n1cnc(C)c1. The van der Waals surface area contributed by atoms with Crippen molar-refractivity contribution >= 4 is 11.6 Å². The van der Waals surface area contributed by atoms with Crippen molar-refractivity contribution in [3.8, 4) is 22.8 Å². The lowest BCUT2D eigenvalue weighted by molar-refractivity contribution is 0.413. The molecule has 0 fully saturated rings. The number of nitrogens with zero attached hydrogens (tertiary/aromatic N) is 5. The van der Waals surface area contributed by atoms with Gasteiger partial charge in [0.15, 0.2) is 17.5 Å². The maximum atomic E-state index is 13.4. The first kappa shape index (κ1) is 18.6. The van der Waals surface area contributed by atoms with Gasteiger partial charge in [0.2, 0.25) is 5.95 Å². The second kappa shape index (κ2) is 7.34. The Bertz CT molecular complexity index is 1180. The van der Waals surface area contributed by atoms with Crippen molar-refractivity contribution in [3.63, 3.8) is 0 Å². The molecular formula is C20H18F2N6O. The summed E-state index contributed by atoms with van der Waals surface area (Å²) in [4.78, 5) is 8.70. The number of ether oxygens (including phenoxy) is 1. The standard InChI is InChI=1S/C20H18F2N6O/c1-12-10-28(11-23-12)17-7-4-13(8-18(17)29-3)19-25-20(27(2)26-19)24-14-5-6-15(21)16(22)9-14/h4-11H,1-3H3,(H,24,25,26). The highest BCUT2D eigenvalue weighted by atomic mass is 19.2. The number of nitrogens with one attached hydrogen (secondary N) is 1. The number of hydrogen-bond acceptors (Lipinski definition) is 5. The van der Waals surface area contributed by atoms with Crippen molar-refractivity contribution in [2.45, 2.75) is 6.92 Å². The Hall–Kier alpha value is -3.75. The highest BCUT2D eigenvalue weighted by molar-refractivity contribution is 5.65. The summed E-state index contributed by atoms with van der Waals surface area (Å²) < 4.78 is 35.5. The zero-order valence-corrected chi connectivity index (χ0v) is 16.0. The summed E-state index contributed by atoms with van der Waals surface area (Å²) in [6.07, 6.45) is 3.62. The van der Waals surface area contributed by atoms with Crippen molar-refractivity contribution in [1.29, 1.82) is 0 Å². The highest BCUT2D eigenvalue weighted by Gasteiger charge is 2.14. The predicted molar refractivity (Wildman–Crippen MR) is 104 cm³/mol. The number of halogens is 2. The fourth-order valence-electron chi connectivity index (χ4n) is 2.90. The van der Waals surface area contributed by atoms with Crippen LogP contribution in [-0.4, -0.2) is 31.4 Å². The summed E-state index contributed by atoms with van der Waals surface area (Å²) in [7, 11) is 3.30. The largest absolute Gasteiger partial charge is 0.495 e. The van der Waals surface area contributed by atoms with E-state index in [2.05, 4.69) is 20.4 Å². The number of anilines is 2. The summed E-state index contributed by atoms with van der Waals surface area (Å²) in [6.45, 7) is 1.91. The Labute approximate surface area is 165 Å². The zero-order chi connectivity index (χ0) is 20.5. The molecule has 0 aliphatic carbocycles. The molecule has 4 rings (SSSR count). The molecule has 29 heavy (non-hydrogen) atoms. The Morgan fingerprint density at radius 1 is 1.07 bits per heavy atom. The van der Waals surface area contributed by atoms with Gasteiger partial charge in [0, 0.05) is 30.6 Å². The van der Waals surface area contributed by atoms with E-state index in [1.165, 1.54) is 10.7 Å². The van der Waals surface area contributed by atoms with Gasteiger partial charge in [0.1, 0.15) is 5.75 Å². The quantitative estimate of drug-likeness (QED) is 0.552. The lowest BCUT2D eigenvalue weighted by Crippen LogP contribution is -2.00. The van der Waals surface area contributed by atoms with Gasteiger partial charge < -0.3 is 14.6 Å². The Morgan fingerprint density at radius 3 is 2.59 bits per heavy atom. The van der Waals surface area contributed by atoms with Gasteiger partial charge in [0.05, 0.1) is 24.8 Å². The number of aromatic nitrogens is 5. The van der Waals surface area contributed by atoms with Gasteiger partial charge in [-0.1, -0.05) is 0 Å². The van der Waals surface area contributed by atoms with Crippen LogP contribution in [0.2, 0.25) is 0 Å². The third-order valence-corrected chi connectivity index (χ3v) is 4.37. The van der Waals surface area contributed by atoms with Gasteiger partial charge in [-0.15, -0.1) is 5.10 Å². The minimum atomic E-state index is -0.938. The Kier molecular flexibility index (Phi) is 4.71. The van der Waals surface area contributed by atoms with Crippen molar-refractivity contribution in [3.05, 3.63) is 66.3 Å². The maximum Gasteiger partial charge on any atom is 0.225 e. The summed E-state index contributed by atoms with van der Waals surface area (Å²) in [5.74, 6) is -0.354. The van der Waals surface area contributed by atoms with Crippen molar-refractivity contribution in [1.82, 2.24) is 24.3 Å². The average Bonchev–Trinajstić information content (AvgIpc) is 3.30. The number of methoxy groups -OCH3 is 1. The average molecular weight is 396 g/mol. The van der Waals surface area contributed by atoms with E-state index < -0.39 is 11.6 Å². The third kappa shape index (κ3) is 3.66. The van der Waals surface area contributed by atoms with Crippen LogP contribution in [0.5, 0.6) is 5.75 Å². The van der Waals surface area contributed by atoms with Crippen LogP contribution in [0.4, 0.5) is 20.4 Å². The van der Waals surface area contributed by atoms with E-state index in [0.29, 0.717) is 23.2 Å². The minimum Gasteiger partial charge on any atom is -0.495 e. The fraction of sp³-hybridized carbons (Fsp3) is 0.150. The predicted octanol–water partition coefficient (Wildman–Crippen LogP) is 4.01. The van der Waals surface area contributed by atoms with E-state index in [9.17, 15) is 8.78 Å². The van der Waals surface area contributed by atoms with Gasteiger partial charge in [-0.05, 0) is 37.3 Å². The maximum absolute atomic E-state index is 13.4. The molecule has 0 unspecified atom stereocenters. The molecule has 1 N–H and O–H groups in total. The molecular weight excluding hydrogens is 378 g/mol. The first-order valence-corrected chi connectivity index (χ1v) is 8.77. The second-order valence-electron chi connectivity index (χ2n) is 6.45. The van der Waals surface area contributed by atoms with Crippen LogP contribution >= 0.6 is 0 Å². The van der Waals surface area contributed by atoms with E-state index in [0.717, 1.165) is 29.1 Å². The number of benzene rings is 2. The van der Waals surface area contributed by atoms with Crippen molar-refractivity contribution in [2.75, 3.05) is 12.4 Å². The molecule has 2 aromatic carbocycles. The Morgan fingerprint density at radius 2 is 1.90 bits per heavy atom. The van der Waals surface area contributed by atoms with Gasteiger partial charge in [-0.3, -0.25) is 0 Å². The summed E-state index contributed by atoms with van der Waals surface area (Å²) in [5, 5.41) is 7.34. The van der Waals surface area contributed by atoms with E-state index in [4.69, 9.17) is 4.74 Å². The minimum absolute atomic E-state index is 0.370. The topological polar surface area (TPSA) is 69.8 Å². The molecule has 148 valence electrons. The zero-order valence-electron chi connectivity index (χ0n) is 16.0. The molecule has 4 aromatic rings. The number of imidazole rings is 1. The first-order chi connectivity index (χ1) is 13.9. The molecule has 0 aliphatic heterocycles. The monoisotopic (exact) mass is 396 g/mol. The lowest BCUT2D eigenvalue weighted by Gasteiger charge is -2.10. The van der Waals surface area contributed by atoms with Crippen LogP contribution in [0.15, 0.2) is 48.9 Å². The van der Waals surface area contributed by atoms with Crippen LogP contribution in [0, 0.1) is 18.6 Å². The number of rotatable bonds is 5. The summed E-state index contributed by atoms with van der Waals surface area (Å²) in [5.41, 5.74) is 2.86. The van der Waals surface area contributed by atoms with E-state index in [-0.39, 0.29) is 0 Å². The third-order valence-electron chi connectivity index (χ3n) is 4.37. The fourth-order valence-corrected chi connectivity index (χ4v) is 2.90. The normalized spacial score (nSPS) is 10.9. The van der Waals surface area contributed by atoms with Crippen molar-refractivity contribution < 1.29 is 13.5 Å². The Balaban J connectivity index is 1.65. The van der Waals surface area contributed by atoms with Crippen LogP contribution in [0.1, 0.15) is 5.69 Å². The van der Waals surface area contributed by atoms with Crippen LogP contribution in [-0.2, 0) is 7.05 Å². The molecule has 0 spiro atoms. The molecule has 2 aromatic heterocycles. The van der Waals surface area contributed by atoms with Crippen molar-refractivity contribution in [2.24, 2.45) is 7.05 Å². The molecule has 0 amide bonds. The van der Waals surface area contributed by atoms with Gasteiger partial charge in [-0.25, -0.2) is 18.4 Å². The number of aryl methyl sites for hydroxylation is 2. The second-order valence-corrected chi connectivity index (χ2v) is 6.45. The molecule has 2 heterocycles. The van der Waals surface area contributed by atoms with Crippen LogP contribution in [0.25, 0.3) is 17.1 Å². The first-order valence-electron chi connectivity index (χ1n) is 8.77. The molecule has 0 saturated heterocycles. The highest BCUT2D eigenvalue weighted by Crippen LogP contribution is 2.29. The molecule has 9 heteroatoms. The van der Waals surface area contributed by atoms with Gasteiger partial charge in [-0.2, -0.15) is 4.98 Å². The van der Waals surface area contributed by atoms with E-state index in [1.54, 1.807) is 20.5 Å². The van der Waals surface area contributed by atoms with Crippen LogP contribution < -0.4 is 10.1 Å². The van der Waals surface area contributed by atoms with Crippen LogP contribution in [0.3, 0.4) is 0 Å². The molecule has 0 atom stereocenters. The molecule has 0 bridgehead atoms. The lowest BCUT2D eigenvalue weighted by atomic mass is 10.1. The number of hydrogen-bond donors (Lipinski definition) is 1. The van der Waals surface area contributed by atoms with Gasteiger partial charge >= 0.3 is 0 Å². The summed E-state index contributed by atoms with van der Waals surface area (Å²) >= 11 is 0. The molecule has 0 saturated carbocycles. The molecule has 7 nitrogen and oxygen atoms in total. The molecule has 0 aliphatic rings. The van der Waals surface area contributed by atoms with E-state index >= 15 is 0 Å². The van der Waals surface area contributed by atoms with E-state index in [1.807, 2.05) is 35.9 Å². The summed E-state index contributed by atoms with van der Waals surface area (Å²) in [6, 6.07) is 9.15. The smallest absolute Gasteiger partial charge is 0.225 e. The molecule has 0 radical (unpaired) electrons. The van der Waals surface area contributed by atoms with Gasteiger partial charge in [0.25, 0.3) is 0 Å².